The first-order valence-corrected chi connectivity index (χ1v) is 9.63. The normalized spacial score (nSPS) is 25.2. The Morgan fingerprint density at radius 1 is 1.14 bits per heavy atom. The molecule has 0 radical (unpaired) electrons. The van der Waals surface area contributed by atoms with Crippen molar-refractivity contribution in [3.05, 3.63) is 12.1 Å². The van der Waals surface area contributed by atoms with Crippen molar-refractivity contribution in [2.24, 2.45) is 0 Å². The number of hydrogen-bond acceptors (Lipinski definition) is 6. The monoisotopic (exact) mass is 330 g/mol. The number of piperazine rings is 2. The zero-order valence-electron chi connectivity index (χ0n) is 12.2. The smallest absolute Gasteiger partial charge is 0.252 e. The Morgan fingerprint density at radius 3 is 2.57 bits per heavy atom. The molecular weight excluding hydrogens is 308 g/mol. The summed E-state index contributed by atoms with van der Waals surface area (Å²) in [6, 6.07) is 3.70. The quantitative estimate of drug-likeness (QED) is 0.825. The highest BCUT2D eigenvalue weighted by Gasteiger charge is 2.32. The van der Waals surface area contributed by atoms with Crippen molar-refractivity contribution in [3.63, 3.8) is 0 Å². The topological polar surface area (TPSA) is 64.7 Å². The molecule has 0 amide bonds. The van der Waals surface area contributed by atoms with E-state index in [1.807, 2.05) is 13.0 Å². The molecule has 6 nitrogen and oxygen atoms in total. The van der Waals surface area contributed by atoms with Gasteiger partial charge in [-0.2, -0.15) is 4.31 Å². The predicted molar refractivity (Wildman–Crippen MR) is 85.6 cm³/mol. The number of rotatable bonds is 3. The average molecular weight is 330 g/mol. The summed E-state index contributed by atoms with van der Waals surface area (Å²) in [5.74, 6) is 0. The van der Waals surface area contributed by atoms with Crippen LogP contribution in [-0.4, -0.2) is 64.6 Å². The lowest BCUT2D eigenvalue weighted by Gasteiger charge is -2.32. The SMILES string of the molecule is C[C@@H]1CNCCN1S(=O)(=O)c1ccc(N2CCNCC2)s1. The number of sulfonamides is 1. The second-order valence-electron chi connectivity index (χ2n) is 5.50. The van der Waals surface area contributed by atoms with E-state index in [2.05, 4.69) is 15.5 Å². The Bertz CT molecular complexity index is 581. The molecule has 0 unspecified atom stereocenters. The third-order valence-electron chi connectivity index (χ3n) is 4.00. The summed E-state index contributed by atoms with van der Waals surface area (Å²) in [5, 5.41) is 7.59. The molecule has 3 heterocycles. The molecule has 2 saturated heterocycles. The lowest BCUT2D eigenvalue weighted by atomic mass is 10.3. The molecule has 118 valence electrons. The molecule has 2 N–H and O–H groups in total. The molecule has 0 saturated carbocycles. The highest BCUT2D eigenvalue weighted by Crippen LogP contribution is 2.32. The van der Waals surface area contributed by atoms with Gasteiger partial charge in [0.15, 0.2) is 0 Å². The molecule has 0 bridgehead atoms. The molecule has 2 aliphatic heterocycles. The molecule has 8 heteroatoms. The number of hydrogen-bond donors (Lipinski definition) is 2. The van der Waals surface area contributed by atoms with Gasteiger partial charge in [-0.25, -0.2) is 8.42 Å². The molecule has 1 aromatic heterocycles. The molecule has 0 aliphatic carbocycles. The van der Waals surface area contributed by atoms with Crippen LogP contribution in [0.3, 0.4) is 0 Å². The van der Waals surface area contributed by atoms with Crippen LogP contribution in [0.1, 0.15) is 6.92 Å². The van der Waals surface area contributed by atoms with Gasteiger partial charge >= 0.3 is 0 Å². The van der Waals surface area contributed by atoms with E-state index in [0.717, 1.165) is 44.3 Å². The summed E-state index contributed by atoms with van der Waals surface area (Å²) in [4.78, 5) is 2.25. The molecule has 0 spiro atoms. The lowest BCUT2D eigenvalue weighted by molar-refractivity contribution is 0.284. The van der Waals surface area contributed by atoms with Gasteiger partial charge in [-0.1, -0.05) is 0 Å². The van der Waals surface area contributed by atoms with Crippen LogP contribution in [0.5, 0.6) is 0 Å². The first-order valence-electron chi connectivity index (χ1n) is 7.37. The van der Waals surface area contributed by atoms with Crippen LogP contribution in [0.25, 0.3) is 0 Å². The van der Waals surface area contributed by atoms with Crippen LogP contribution in [0.2, 0.25) is 0 Å². The third-order valence-corrected chi connectivity index (χ3v) is 7.63. The number of anilines is 1. The Balaban J connectivity index is 1.80. The van der Waals surface area contributed by atoms with E-state index in [0.29, 0.717) is 10.8 Å². The average Bonchev–Trinajstić information content (AvgIpc) is 2.99. The summed E-state index contributed by atoms with van der Waals surface area (Å²) < 4.78 is 27.6. The van der Waals surface area contributed by atoms with E-state index < -0.39 is 10.0 Å². The summed E-state index contributed by atoms with van der Waals surface area (Å²) >= 11 is 1.39. The first-order chi connectivity index (χ1) is 10.1. The molecule has 3 rings (SSSR count). The van der Waals surface area contributed by atoms with E-state index in [-0.39, 0.29) is 6.04 Å². The summed E-state index contributed by atoms with van der Waals surface area (Å²) in [7, 11) is -3.36. The largest absolute Gasteiger partial charge is 0.361 e. The predicted octanol–water partition coefficient (Wildman–Crippen LogP) is 0.140. The van der Waals surface area contributed by atoms with Crippen molar-refractivity contribution in [2.45, 2.75) is 17.2 Å². The number of nitrogens with zero attached hydrogens (tertiary/aromatic N) is 2. The fourth-order valence-corrected chi connectivity index (χ4v) is 5.90. The molecule has 0 aromatic carbocycles. The third kappa shape index (κ3) is 3.09. The van der Waals surface area contributed by atoms with Crippen LogP contribution in [0.4, 0.5) is 5.00 Å². The van der Waals surface area contributed by atoms with E-state index in [4.69, 9.17) is 0 Å². The van der Waals surface area contributed by atoms with Crippen molar-refractivity contribution in [1.82, 2.24) is 14.9 Å². The van der Waals surface area contributed by atoms with Gasteiger partial charge in [0.2, 0.25) is 0 Å². The molecule has 1 aromatic rings. The van der Waals surface area contributed by atoms with E-state index in [9.17, 15) is 8.42 Å². The van der Waals surface area contributed by atoms with Crippen LogP contribution in [0, 0.1) is 0 Å². The summed E-state index contributed by atoms with van der Waals surface area (Å²) in [6.45, 7) is 7.71. The van der Waals surface area contributed by atoms with Crippen LogP contribution >= 0.6 is 11.3 Å². The van der Waals surface area contributed by atoms with E-state index in [1.54, 1.807) is 10.4 Å². The van der Waals surface area contributed by atoms with E-state index >= 15 is 0 Å². The van der Waals surface area contributed by atoms with Gasteiger partial charge in [0.1, 0.15) is 4.21 Å². The molecular formula is C13H22N4O2S2. The van der Waals surface area contributed by atoms with Crippen molar-refractivity contribution in [1.29, 1.82) is 0 Å². The van der Waals surface area contributed by atoms with Crippen LogP contribution < -0.4 is 15.5 Å². The lowest BCUT2D eigenvalue weighted by Crippen LogP contribution is -2.51. The van der Waals surface area contributed by atoms with Crippen molar-refractivity contribution in [3.8, 4) is 0 Å². The maximum absolute atomic E-state index is 12.8. The highest BCUT2D eigenvalue weighted by molar-refractivity contribution is 7.91. The standard InChI is InChI=1S/C13H22N4O2S2/c1-11-10-15-6-9-17(11)21(18,19)13-3-2-12(20-13)16-7-4-14-5-8-16/h2-3,11,14-15H,4-10H2,1H3/t11-/m1/s1. The van der Waals surface area contributed by atoms with Gasteiger partial charge < -0.3 is 15.5 Å². The fourth-order valence-electron chi connectivity index (χ4n) is 2.80. The zero-order valence-corrected chi connectivity index (χ0v) is 13.8. The maximum atomic E-state index is 12.8. The molecule has 2 fully saturated rings. The molecule has 1 atom stereocenters. The second-order valence-corrected chi connectivity index (χ2v) is 8.68. The summed E-state index contributed by atoms with van der Waals surface area (Å²) in [6.07, 6.45) is 0. The van der Waals surface area contributed by atoms with Crippen molar-refractivity contribution in [2.75, 3.05) is 50.7 Å². The van der Waals surface area contributed by atoms with Crippen molar-refractivity contribution >= 4 is 26.4 Å². The second kappa shape index (κ2) is 6.21. The van der Waals surface area contributed by atoms with E-state index in [1.165, 1.54) is 11.3 Å². The minimum absolute atomic E-state index is 0.00786. The summed E-state index contributed by atoms with van der Waals surface area (Å²) in [5.41, 5.74) is 0. The fraction of sp³-hybridized carbons (Fsp3) is 0.692. The minimum Gasteiger partial charge on any atom is -0.361 e. The van der Waals surface area contributed by atoms with Crippen LogP contribution in [-0.2, 0) is 10.0 Å². The zero-order chi connectivity index (χ0) is 14.9. The number of thiophene rings is 1. The molecule has 2 aliphatic rings. The number of nitrogens with one attached hydrogen (secondary N) is 2. The van der Waals surface area contributed by atoms with Gasteiger partial charge in [0, 0.05) is 51.9 Å². The van der Waals surface area contributed by atoms with Gasteiger partial charge in [-0.3, -0.25) is 0 Å². The minimum atomic E-state index is -3.36. The maximum Gasteiger partial charge on any atom is 0.252 e. The van der Waals surface area contributed by atoms with Gasteiger partial charge in [0.25, 0.3) is 10.0 Å². The Kier molecular flexibility index (Phi) is 4.51. The Labute approximate surface area is 130 Å². The first kappa shape index (κ1) is 15.2. The van der Waals surface area contributed by atoms with Crippen LogP contribution in [0.15, 0.2) is 16.3 Å². The van der Waals surface area contributed by atoms with Gasteiger partial charge in [0.05, 0.1) is 5.00 Å². The van der Waals surface area contributed by atoms with Crippen molar-refractivity contribution < 1.29 is 8.42 Å². The Morgan fingerprint density at radius 2 is 1.86 bits per heavy atom. The Hall–Kier alpha value is -0.670. The van der Waals surface area contributed by atoms with Gasteiger partial charge in [-0.05, 0) is 19.1 Å². The highest BCUT2D eigenvalue weighted by atomic mass is 32.2. The van der Waals surface area contributed by atoms with Gasteiger partial charge in [-0.15, -0.1) is 11.3 Å². The molecule has 21 heavy (non-hydrogen) atoms.